The summed E-state index contributed by atoms with van der Waals surface area (Å²) in [6, 6.07) is 0.567. The van der Waals surface area contributed by atoms with Crippen LogP contribution in [0.5, 0.6) is 0 Å². The molecule has 2 aliphatic rings. The Bertz CT molecular complexity index is 285. The van der Waals surface area contributed by atoms with Crippen LogP contribution < -0.4 is 5.32 Å². The second-order valence-electron chi connectivity index (χ2n) is 6.25. The highest BCUT2D eigenvalue weighted by molar-refractivity contribution is 5.78. The van der Waals surface area contributed by atoms with Gasteiger partial charge in [-0.2, -0.15) is 0 Å². The van der Waals surface area contributed by atoms with E-state index in [4.69, 9.17) is 0 Å². The highest BCUT2D eigenvalue weighted by atomic mass is 16.2. The van der Waals surface area contributed by atoms with Crippen LogP contribution in [0.3, 0.4) is 0 Å². The number of rotatable bonds is 3. The third kappa shape index (κ3) is 3.45. The summed E-state index contributed by atoms with van der Waals surface area (Å²) < 4.78 is 0. The number of piperidine rings is 1. The van der Waals surface area contributed by atoms with Crippen molar-refractivity contribution in [2.45, 2.75) is 32.7 Å². The van der Waals surface area contributed by atoms with Gasteiger partial charge < -0.3 is 10.2 Å². The van der Waals surface area contributed by atoms with Crippen molar-refractivity contribution < 1.29 is 4.79 Å². The minimum atomic E-state index is 0.324. The van der Waals surface area contributed by atoms with Crippen LogP contribution in [-0.4, -0.2) is 61.5 Å². The number of nitrogens with zero attached hydrogens (tertiary/aromatic N) is 2. The molecule has 4 heteroatoms. The highest BCUT2D eigenvalue weighted by Crippen LogP contribution is 2.21. The zero-order valence-electron chi connectivity index (χ0n) is 12.0. The smallest absolute Gasteiger partial charge is 0.236 e. The lowest BCUT2D eigenvalue weighted by Gasteiger charge is -2.35. The van der Waals surface area contributed by atoms with Gasteiger partial charge >= 0.3 is 0 Å². The molecule has 2 fully saturated rings. The average Bonchev–Trinajstić information content (AvgIpc) is 2.75. The van der Waals surface area contributed by atoms with Crippen molar-refractivity contribution in [3.8, 4) is 0 Å². The van der Waals surface area contributed by atoms with E-state index in [-0.39, 0.29) is 0 Å². The van der Waals surface area contributed by atoms with Gasteiger partial charge in [-0.15, -0.1) is 0 Å². The number of likely N-dealkylation sites (tertiary alicyclic amines) is 2. The molecule has 0 aromatic rings. The standard InChI is InChI=1S/C14H27N3O/c1-11-6-12(2)8-17(7-11)14(18)10-16-5-4-13(9-16)15-3/h11-13,15H,4-10H2,1-3H3. The number of hydrogen-bond donors (Lipinski definition) is 1. The van der Waals surface area contributed by atoms with E-state index in [1.165, 1.54) is 6.42 Å². The summed E-state index contributed by atoms with van der Waals surface area (Å²) in [6.45, 7) is 9.08. The van der Waals surface area contributed by atoms with Crippen molar-refractivity contribution >= 4 is 5.91 Å². The van der Waals surface area contributed by atoms with Gasteiger partial charge in [0.15, 0.2) is 0 Å². The maximum Gasteiger partial charge on any atom is 0.236 e. The predicted molar refractivity (Wildman–Crippen MR) is 73.4 cm³/mol. The number of hydrogen-bond acceptors (Lipinski definition) is 3. The van der Waals surface area contributed by atoms with E-state index in [1.807, 2.05) is 7.05 Å². The SMILES string of the molecule is CNC1CCN(CC(=O)N2CC(C)CC(C)C2)C1. The molecular formula is C14H27N3O. The molecule has 104 valence electrons. The fourth-order valence-electron chi connectivity index (χ4n) is 3.37. The van der Waals surface area contributed by atoms with Gasteiger partial charge in [0.1, 0.15) is 0 Å². The van der Waals surface area contributed by atoms with E-state index in [1.54, 1.807) is 0 Å². The van der Waals surface area contributed by atoms with Gasteiger partial charge in [-0.05, 0) is 31.7 Å². The first-order valence-corrected chi connectivity index (χ1v) is 7.26. The molecule has 3 unspecified atom stereocenters. The minimum absolute atomic E-state index is 0.324. The largest absolute Gasteiger partial charge is 0.341 e. The molecule has 0 aromatic carbocycles. The first-order chi connectivity index (χ1) is 8.58. The first-order valence-electron chi connectivity index (χ1n) is 7.26. The van der Waals surface area contributed by atoms with Gasteiger partial charge in [-0.3, -0.25) is 9.69 Å². The molecule has 1 amide bonds. The molecule has 0 radical (unpaired) electrons. The van der Waals surface area contributed by atoms with Crippen molar-refractivity contribution in [3.63, 3.8) is 0 Å². The molecule has 2 saturated heterocycles. The van der Waals surface area contributed by atoms with Gasteiger partial charge in [0.25, 0.3) is 0 Å². The molecule has 3 atom stereocenters. The minimum Gasteiger partial charge on any atom is -0.341 e. The summed E-state index contributed by atoms with van der Waals surface area (Å²) in [5, 5.41) is 3.29. The average molecular weight is 253 g/mol. The first kappa shape index (κ1) is 13.8. The van der Waals surface area contributed by atoms with E-state index in [9.17, 15) is 4.79 Å². The second-order valence-corrected chi connectivity index (χ2v) is 6.25. The molecular weight excluding hydrogens is 226 g/mol. The number of carbonyl (C=O) groups excluding carboxylic acids is 1. The van der Waals surface area contributed by atoms with E-state index in [0.29, 0.717) is 30.3 Å². The monoisotopic (exact) mass is 253 g/mol. The van der Waals surface area contributed by atoms with Crippen LogP contribution in [0, 0.1) is 11.8 Å². The van der Waals surface area contributed by atoms with Crippen LogP contribution in [0.25, 0.3) is 0 Å². The molecule has 0 aromatic heterocycles. The van der Waals surface area contributed by atoms with Crippen LogP contribution in [0.2, 0.25) is 0 Å². The van der Waals surface area contributed by atoms with Crippen LogP contribution in [0.1, 0.15) is 26.7 Å². The summed E-state index contributed by atoms with van der Waals surface area (Å²) in [5.41, 5.74) is 0. The Hall–Kier alpha value is -0.610. The molecule has 2 aliphatic heterocycles. The predicted octanol–water partition coefficient (Wildman–Crippen LogP) is 0.785. The quantitative estimate of drug-likeness (QED) is 0.807. The second kappa shape index (κ2) is 6.02. The Morgan fingerprint density at radius 3 is 2.44 bits per heavy atom. The van der Waals surface area contributed by atoms with Crippen molar-refractivity contribution in [1.82, 2.24) is 15.1 Å². The summed E-state index contributed by atoms with van der Waals surface area (Å²) in [5.74, 6) is 1.63. The maximum absolute atomic E-state index is 12.3. The third-order valence-electron chi connectivity index (χ3n) is 4.26. The Kier molecular flexibility index (Phi) is 4.62. The third-order valence-corrected chi connectivity index (χ3v) is 4.26. The molecule has 0 aliphatic carbocycles. The van der Waals surface area contributed by atoms with Crippen molar-refractivity contribution in [1.29, 1.82) is 0 Å². The Labute approximate surface area is 111 Å². The molecule has 4 nitrogen and oxygen atoms in total. The molecule has 18 heavy (non-hydrogen) atoms. The summed E-state index contributed by atoms with van der Waals surface area (Å²) in [6.07, 6.45) is 2.42. The Morgan fingerprint density at radius 2 is 1.89 bits per heavy atom. The zero-order chi connectivity index (χ0) is 13.1. The Balaban J connectivity index is 1.81. The molecule has 0 spiro atoms. The van der Waals surface area contributed by atoms with Crippen LogP contribution in [-0.2, 0) is 4.79 Å². The summed E-state index contributed by atoms with van der Waals surface area (Å²) >= 11 is 0. The molecule has 1 N–H and O–H groups in total. The van der Waals surface area contributed by atoms with E-state index in [2.05, 4.69) is 29.0 Å². The van der Waals surface area contributed by atoms with Crippen molar-refractivity contribution in [3.05, 3.63) is 0 Å². The number of carbonyl (C=O) groups is 1. The number of amides is 1. The lowest BCUT2D eigenvalue weighted by Crippen LogP contribution is -2.47. The van der Waals surface area contributed by atoms with Crippen LogP contribution >= 0.6 is 0 Å². The maximum atomic E-state index is 12.3. The van der Waals surface area contributed by atoms with E-state index < -0.39 is 0 Å². The fraction of sp³-hybridized carbons (Fsp3) is 0.929. The van der Waals surface area contributed by atoms with Gasteiger partial charge in [-0.1, -0.05) is 13.8 Å². The van der Waals surface area contributed by atoms with Gasteiger partial charge in [0, 0.05) is 32.2 Å². The van der Waals surface area contributed by atoms with Crippen LogP contribution in [0.15, 0.2) is 0 Å². The molecule has 2 heterocycles. The van der Waals surface area contributed by atoms with Gasteiger partial charge in [-0.25, -0.2) is 0 Å². The van der Waals surface area contributed by atoms with E-state index >= 15 is 0 Å². The summed E-state index contributed by atoms with van der Waals surface area (Å²) in [4.78, 5) is 16.7. The number of nitrogens with one attached hydrogen (secondary N) is 1. The molecule has 0 saturated carbocycles. The van der Waals surface area contributed by atoms with Gasteiger partial charge in [0.05, 0.1) is 6.54 Å². The lowest BCUT2D eigenvalue weighted by atomic mass is 9.92. The zero-order valence-corrected chi connectivity index (χ0v) is 12.0. The normalized spacial score (nSPS) is 33.9. The topological polar surface area (TPSA) is 35.6 Å². The van der Waals surface area contributed by atoms with Crippen LogP contribution in [0.4, 0.5) is 0 Å². The van der Waals surface area contributed by atoms with Crippen molar-refractivity contribution in [2.24, 2.45) is 11.8 Å². The summed E-state index contributed by atoms with van der Waals surface area (Å²) in [7, 11) is 2.00. The van der Waals surface area contributed by atoms with Crippen molar-refractivity contribution in [2.75, 3.05) is 39.8 Å². The fourth-order valence-corrected chi connectivity index (χ4v) is 3.37. The van der Waals surface area contributed by atoms with E-state index in [0.717, 1.165) is 32.6 Å². The van der Waals surface area contributed by atoms with Gasteiger partial charge in [0.2, 0.25) is 5.91 Å². The lowest BCUT2D eigenvalue weighted by molar-refractivity contribution is -0.134. The Morgan fingerprint density at radius 1 is 1.22 bits per heavy atom. The molecule has 2 rings (SSSR count). The number of likely N-dealkylation sites (N-methyl/N-ethyl adjacent to an activating group) is 1. The highest BCUT2D eigenvalue weighted by Gasteiger charge is 2.28. The molecule has 0 bridgehead atoms.